The fourth-order valence-electron chi connectivity index (χ4n) is 3.43. The molecule has 3 aromatic rings. The maximum absolute atomic E-state index is 2.55. The topological polar surface area (TPSA) is 6.48 Å². The number of fused-ring (bicyclic) bond motifs is 1. The van der Waals surface area contributed by atoms with Gasteiger partial charge in [0.25, 0.3) is 0 Å². The lowest BCUT2D eigenvalue weighted by atomic mass is 10.2. The normalized spacial score (nSPS) is 16.8. The predicted octanol–water partition coefficient (Wildman–Crippen LogP) is 6.26. The summed E-state index contributed by atoms with van der Waals surface area (Å²) >= 11 is 0. The Morgan fingerprint density at radius 2 is 1.00 bits per heavy atom. The van der Waals surface area contributed by atoms with Gasteiger partial charge in [-0.2, -0.15) is 0 Å². The minimum atomic E-state index is -1.22. The molecule has 1 aliphatic heterocycles. The van der Waals surface area contributed by atoms with E-state index >= 15 is 0 Å². The van der Waals surface area contributed by atoms with Crippen LogP contribution in [0.15, 0.2) is 84.9 Å². The molecule has 0 N–H and O–H groups in total. The Labute approximate surface area is 145 Å². The van der Waals surface area contributed by atoms with Crippen LogP contribution in [0.5, 0.6) is 0 Å². The van der Waals surface area contributed by atoms with Crippen LogP contribution in [0.4, 0.5) is 22.7 Å². The number of benzene rings is 3. The Kier molecular flexibility index (Phi) is 3.73. The molecule has 4 rings (SSSR count). The Balaban J connectivity index is 1.96. The fraction of sp³-hybridized carbons (Fsp3) is 0.143. The molecular weight excluding hydrogens is 312 g/mol. The van der Waals surface area contributed by atoms with E-state index in [1.54, 1.807) is 0 Å². The SMILES string of the molecule is CCS1(C)N(c2ccccc2)c2ccccc2N1c1ccccc1. The van der Waals surface area contributed by atoms with Gasteiger partial charge in [0.1, 0.15) is 0 Å². The monoisotopic (exact) mass is 334 g/mol. The van der Waals surface area contributed by atoms with E-state index in [9.17, 15) is 0 Å². The van der Waals surface area contributed by atoms with Crippen molar-refractivity contribution in [1.29, 1.82) is 0 Å². The number of nitrogens with zero attached hydrogens (tertiary/aromatic N) is 2. The second-order valence-electron chi connectivity index (χ2n) is 6.03. The predicted molar refractivity (Wildman–Crippen MR) is 108 cm³/mol. The first-order valence-electron chi connectivity index (χ1n) is 8.31. The van der Waals surface area contributed by atoms with E-state index in [4.69, 9.17) is 0 Å². The lowest BCUT2D eigenvalue weighted by Gasteiger charge is -2.47. The van der Waals surface area contributed by atoms with Gasteiger partial charge in [0.15, 0.2) is 0 Å². The maximum Gasteiger partial charge on any atom is 0.0771 e. The van der Waals surface area contributed by atoms with Crippen molar-refractivity contribution in [1.82, 2.24) is 0 Å². The summed E-state index contributed by atoms with van der Waals surface area (Å²) in [5.74, 6) is 1.09. The summed E-state index contributed by atoms with van der Waals surface area (Å²) in [5.41, 5.74) is 5.13. The lowest BCUT2D eigenvalue weighted by Crippen LogP contribution is -2.29. The molecule has 0 fully saturated rings. The number of anilines is 4. The molecule has 3 heteroatoms. The third kappa shape index (κ3) is 2.20. The molecule has 0 atom stereocenters. The van der Waals surface area contributed by atoms with Crippen molar-refractivity contribution in [3.05, 3.63) is 84.9 Å². The van der Waals surface area contributed by atoms with Gasteiger partial charge in [0.2, 0.25) is 0 Å². The standard InChI is InChI=1S/C21H22N2S/c1-3-24(2)22(18-12-6-4-7-13-18)20-16-10-11-17-21(20)23(24)19-14-8-5-9-15-19/h4-17H,3H2,1-2H3. The van der Waals surface area contributed by atoms with Gasteiger partial charge < -0.3 is 0 Å². The summed E-state index contributed by atoms with van der Waals surface area (Å²) < 4.78 is 5.10. The molecule has 24 heavy (non-hydrogen) atoms. The van der Waals surface area contributed by atoms with Crippen molar-refractivity contribution in [3.8, 4) is 0 Å². The molecule has 0 bridgehead atoms. The van der Waals surface area contributed by atoms with E-state index in [0.717, 1.165) is 5.75 Å². The molecule has 1 aliphatic rings. The van der Waals surface area contributed by atoms with Gasteiger partial charge in [-0.1, -0.05) is 65.9 Å². The first kappa shape index (κ1) is 15.2. The van der Waals surface area contributed by atoms with Crippen LogP contribution >= 0.6 is 10.4 Å². The van der Waals surface area contributed by atoms with Crippen molar-refractivity contribution >= 4 is 33.1 Å². The van der Waals surface area contributed by atoms with Crippen LogP contribution < -0.4 is 8.61 Å². The largest absolute Gasteiger partial charge is 0.285 e. The highest BCUT2D eigenvalue weighted by Gasteiger charge is 2.42. The molecule has 0 saturated carbocycles. The number of para-hydroxylation sites is 4. The average Bonchev–Trinajstić information content (AvgIpc) is 2.92. The first-order chi connectivity index (χ1) is 11.8. The molecule has 1 heterocycles. The van der Waals surface area contributed by atoms with Crippen LogP contribution in [0.1, 0.15) is 6.92 Å². The van der Waals surface area contributed by atoms with Crippen molar-refractivity contribution < 1.29 is 0 Å². The molecule has 0 amide bonds. The van der Waals surface area contributed by atoms with Crippen LogP contribution in [0.3, 0.4) is 0 Å². The van der Waals surface area contributed by atoms with E-state index in [2.05, 4.69) is 107 Å². The highest BCUT2D eigenvalue weighted by atomic mass is 32.3. The molecule has 2 nitrogen and oxygen atoms in total. The van der Waals surface area contributed by atoms with E-state index in [-0.39, 0.29) is 0 Å². The maximum atomic E-state index is 2.55. The minimum Gasteiger partial charge on any atom is -0.285 e. The second kappa shape index (κ2) is 5.91. The summed E-state index contributed by atoms with van der Waals surface area (Å²) in [5, 5.41) is 0. The van der Waals surface area contributed by atoms with E-state index in [1.165, 1.54) is 22.7 Å². The van der Waals surface area contributed by atoms with Gasteiger partial charge in [-0.25, -0.2) is 0 Å². The van der Waals surface area contributed by atoms with Crippen molar-refractivity contribution in [2.24, 2.45) is 0 Å². The Bertz CT molecular complexity index is 766. The highest BCUT2D eigenvalue weighted by Crippen LogP contribution is 2.68. The quantitative estimate of drug-likeness (QED) is 0.557. The molecule has 0 aliphatic carbocycles. The molecule has 0 spiro atoms. The van der Waals surface area contributed by atoms with Crippen LogP contribution in [0.2, 0.25) is 0 Å². The minimum absolute atomic E-state index is 1.09. The third-order valence-corrected chi connectivity index (χ3v) is 8.12. The smallest absolute Gasteiger partial charge is 0.0771 e. The van der Waals surface area contributed by atoms with Crippen LogP contribution in [0.25, 0.3) is 0 Å². The van der Waals surface area contributed by atoms with Crippen molar-refractivity contribution in [2.45, 2.75) is 6.92 Å². The van der Waals surface area contributed by atoms with Gasteiger partial charge >= 0.3 is 0 Å². The van der Waals surface area contributed by atoms with Crippen LogP contribution in [0, 0.1) is 0 Å². The average molecular weight is 334 g/mol. The summed E-state index contributed by atoms with van der Waals surface area (Å²) in [4.78, 5) is 0. The fourth-order valence-corrected chi connectivity index (χ4v) is 6.42. The Hall–Kier alpha value is -2.39. The van der Waals surface area contributed by atoms with E-state index in [1.807, 2.05) is 0 Å². The van der Waals surface area contributed by atoms with Gasteiger partial charge in [-0.3, -0.25) is 8.61 Å². The van der Waals surface area contributed by atoms with Gasteiger partial charge in [-0.05, 0) is 42.7 Å². The molecule has 0 unspecified atom stereocenters. The summed E-state index contributed by atoms with van der Waals surface area (Å²) in [7, 11) is -1.22. The summed E-state index contributed by atoms with van der Waals surface area (Å²) in [6, 6.07) is 30.3. The van der Waals surface area contributed by atoms with Crippen molar-refractivity contribution in [3.63, 3.8) is 0 Å². The molecule has 0 radical (unpaired) electrons. The van der Waals surface area contributed by atoms with Crippen LogP contribution in [-0.2, 0) is 0 Å². The number of hydrogen-bond donors (Lipinski definition) is 0. The second-order valence-corrected chi connectivity index (χ2v) is 9.33. The summed E-state index contributed by atoms with van der Waals surface area (Å²) in [6.45, 7) is 2.30. The zero-order valence-electron chi connectivity index (χ0n) is 14.1. The molecule has 3 aromatic carbocycles. The van der Waals surface area contributed by atoms with Crippen LogP contribution in [-0.4, -0.2) is 12.0 Å². The van der Waals surface area contributed by atoms with E-state index in [0.29, 0.717) is 0 Å². The first-order valence-corrected chi connectivity index (χ1v) is 10.4. The molecule has 0 saturated heterocycles. The van der Waals surface area contributed by atoms with Gasteiger partial charge in [-0.15, -0.1) is 0 Å². The van der Waals surface area contributed by atoms with Crippen molar-refractivity contribution in [2.75, 3.05) is 20.6 Å². The Morgan fingerprint density at radius 3 is 1.38 bits per heavy atom. The number of hydrogen-bond acceptors (Lipinski definition) is 2. The molecule has 122 valence electrons. The number of rotatable bonds is 3. The molecule has 0 aromatic heterocycles. The lowest BCUT2D eigenvalue weighted by molar-refractivity contribution is 1.37. The summed E-state index contributed by atoms with van der Waals surface area (Å²) in [6.07, 6.45) is 2.41. The van der Waals surface area contributed by atoms with E-state index < -0.39 is 10.4 Å². The van der Waals surface area contributed by atoms with Gasteiger partial charge in [0, 0.05) is 5.75 Å². The third-order valence-electron chi connectivity index (χ3n) is 4.63. The Morgan fingerprint density at radius 1 is 0.625 bits per heavy atom. The zero-order valence-corrected chi connectivity index (χ0v) is 14.9. The molecular formula is C21H22N2S. The zero-order chi connectivity index (χ0) is 16.6. The highest BCUT2D eigenvalue weighted by molar-refractivity contribution is 8.36. The van der Waals surface area contributed by atoms with Gasteiger partial charge in [0.05, 0.1) is 22.7 Å².